The Morgan fingerprint density at radius 2 is 2.04 bits per heavy atom. The number of ether oxygens (including phenoxy) is 1. The van der Waals surface area contributed by atoms with Gasteiger partial charge in [-0.25, -0.2) is 0 Å². The summed E-state index contributed by atoms with van der Waals surface area (Å²) in [6, 6.07) is 5.49. The molecule has 0 radical (unpaired) electrons. The van der Waals surface area contributed by atoms with Gasteiger partial charge in [0.15, 0.2) is 5.96 Å². The maximum atomic E-state index is 12.5. The van der Waals surface area contributed by atoms with Crippen molar-refractivity contribution in [1.29, 1.82) is 0 Å². The number of alkyl halides is 2. The average Bonchev–Trinajstić information content (AvgIpc) is 2.60. The van der Waals surface area contributed by atoms with Gasteiger partial charge in [0.05, 0.1) is 0 Å². The number of rotatable bonds is 6. The number of piperidine rings is 1. The lowest BCUT2D eigenvalue weighted by Gasteiger charge is -2.35. The number of hydrogen-bond donors (Lipinski definition) is 2. The zero-order chi connectivity index (χ0) is 19.1. The summed E-state index contributed by atoms with van der Waals surface area (Å²) in [5.41, 5.74) is 0.551. The third-order valence-corrected chi connectivity index (χ3v) is 4.74. The summed E-state index contributed by atoms with van der Waals surface area (Å²) in [5.74, 6) is 0.744. The summed E-state index contributed by atoms with van der Waals surface area (Å²) in [5, 5.41) is 7.02. The van der Waals surface area contributed by atoms with Crippen molar-refractivity contribution in [2.24, 2.45) is 4.99 Å². The third-order valence-electron chi connectivity index (χ3n) is 4.51. The van der Waals surface area contributed by atoms with E-state index in [1.807, 2.05) is 0 Å². The van der Waals surface area contributed by atoms with E-state index < -0.39 is 6.61 Å². The summed E-state index contributed by atoms with van der Waals surface area (Å²) in [6.45, 7) is 3.92. The summed E-state index contributed by atoms with van der Waals surface area (Å²) in [4.78, 5) is 6.68. The van der Waals surface area contributed by atoms with Gasteiger partial charge in [0.1, 0.15) is 5.75 Å². The fourth-order valence-electron chi connectivity index (χ4n) is 3.02. The van der Waals surface area contributed by atoms with E-state index in [1.54, 1.807) is 13.1 Å². The van der Waals surface area contributed by atoms with Crippen LogP contribution in [0.15, 0.2) is 23.2 Å². The Morgan fingerprint density at radius 3 is 2.62 bits per heavy atom. The second kappa shape index (κ2) is 9.92. The largest absolute Gasteiger partial charge is 0.434 e. The Labute approximate surface area is 158 Å². The zero-order valence-electron chi connectivity index (χ0n) is 15.4. The summed E-state index contributed by atoms with van der Waals surface area (Å²) < 4.78 is 29.6. The number of hydrogen-bond acceptors (Lipinski definition) is 3. The van der Waals surface area contributed by atoms with Crippen molar-refractivity contribution in [3.63, 3.8) is 0 Å². The van der Waals surface area contributed by atoms with Gasteiger partial charge in [-0.1, -0.05) is 11.6 Å². The molecule has 2 rings (SSSR count). The predicted molar refractivity (Wildman–Crippen MR) is 101 cm³/mol. The molecule has 0 aromatic heterocycles. The van der Waals surface area contributed by atoms with Crippen LogP contribution >= 0.6 is 11.6 Å². The number of halogens is 3. The van der Waals surface area contributed by atoms with Gasteiger partial charge in [-0.05, 0) is 44.9 Å². The topological polar surface area (TPSA) is 48.9 Å². The molecule has 26 heavy (non-hydrogen) atoms. The van der Waals surface area contributed by atoms with Crippen molar-refractivity contribution in [2.45, 2.75) is 51.9 Å². The number of aliphatic imine (C=N–C) groups is 1. The Hall–Kier alpha value is -1.60. The smallest absolute Gasteiger partial charge is 0.387 e. The molecule has 0 aliphatic carbocycles. The molecular formula is C18H27ClF2N4O. The molecule has 0 spiro atoms. The van der Waals surface area contributed by atoms with Crippen LogP contribution < -0.4 is 15.4 Å². The lowest BCUT2D eigenvalue weighted by atomic mass is 10.0. The number of nitrogens with zero attached hydrogens (tertiary/aromatic N) is 2. The fraction of sp³-hybridized carbons (Fsp3) is 0.611. The SMILES string of the molecule is CN=C(NCc1cc(Cl)ccc1OC(F)F)NC1CCN(C(C)C)CC1. The first kappa shape index (κ1) is 20.7. The minimum atomic E-state index is -2.88. The highest BCUT2D eigenvalue weighted by Crippen LogP contribution is 2.24. The fourth-order valence-corrected chi connectivity index (χ4v) is 3.22. The van der Waals surface area contributed by atoms with Gasteiger partial charge in [-0.2, -0.15) is 8.78 Å². The second-order valence-electron chi connectivity index (χ2n) is 6.60. The van der Waals surface area contributed by atoms with Crippen LogP contribution in [0.3, 0.4) is 0 Å². The first-order chi connectivity index (χ1) is 12.4. The van der Waals surface area contributed by atoms with Crippen LogP contribution in [-0.2, 0) is 6.54 Å². The minimum Gasteiger partial charge on any atom is -0.434 e. The molecule has 0 amide bonds. The van der Waals surface area contributed by atoms with Crippen LogP contribution in [0.5, 0.6) is 5.75 Å². The molecule has 8 heteroatoms. The van der Waals surface area contributed by atoms with Crippen molar-refractivity contribution in [2.75, 3.05) is 20.1 Å². The molecule has 0 bridgehead atoms. The van der Waals surface area contributed by atoms with Crippen LogP contribution in [0.25, 0.3) is 0 Å². The van der Waals surface area contributed by atoms with E-state index in [0.717, 1.165) is 25.9 Å². The van der Waals surface area contributed by atoms with Crippen LogP contribution in [0.2, 0.25) is 5.02 Å². The molecule has 0 unspecified atom stereocenters. The number of nitrogens with one attached hydrogen (secondary N) is 2. The van der Waals surface area contributed by atoms with Crippen molar-refractivity contribution >= 4 is 17.6 Å². The average molecular weight is 389 g/mol. The summed E-state index contributed by atoms with van der Waals surface area (Å²) >= 11 is 5.98. The van der Waals surface area contributed by atoms with Crippen molar-refractivity contribution in [3.8, 4) is 5.75 Å². The van der Waals surface area contributed by atoms with Crippen LogP contribution in [0.4, 0.5) is 8.78 Å². The molecule has 0 atom stereocenters. The number of likely N-dealkylation sites (tertiary alicyclic amines) is 1. The Morgan fingerprint density at radius 1 is 1.35 bits per heavy atom. The molecule has 2 N–H and O–H groups in total. The van der Waals surface area contributed by atoms with Crippen LogP contribution in [0, 0.1) is 0 Å². The summed E-state index contributed by atoms with van der Waals surface area (Å²) in [7, 11) is 1.69. The minimum absolute atomic E-state index is 0.109. The molecule has 1 aliphatic rings. The lowest BCUT2D eigenvalue weighted by Crippen LogP contribution is -2.49. The maximum Gasteiger partial charge on any atom is 0.387 e. The molecule has 1 aromatic carbocycles. The van der Waals surface area contributed by atoms with Gasteiger partial charge < -0.3 is 20.3 Å². The van der Waals surface area contributed by atoms with E-state index in [4.69, 9.17) is 11.6 Å². The van der Waals surface area contributed by atoms with Gasteiger partial charge in [-0.15, -0.1) is 0 Å². The number of benzene rings is 1. The van der Waals surface area contributed by atoms with E-state index in [0.29, 0.717) is 28.6 Å². The molecule has 1 saturated heterocycles. The van der Waals surface area contributed by atoms with Gasteiger partial charge in [0, 0.05) is 49.4 Å². The second-order valence-corrected chi connectivity index (χ2v) is 7.04. The highest BCUT2D eigenvalue weighted by atomic mass is 35.5. The monoisotopic (exact) mass is 388 g/mol. The van der Waals surface area contributed by atoms with Crippen LogP contribution in [-0.4, -0.2) is 49.7 Å². The van der Waals surface area contributed by atoms with Gasteiger partial charge in [-0.3, -0.25) is 4.99 Å². The van der Waals surface area contributed by atoms with Gasteiger partial charge in [0.25, 0.3) is 0 Å². The van der Waals surface area contributed by atoms with E-state index >= 15 is 0 Å². The third kappa shape index (κ3) is 6.29. The van der Waals surface area contributed by atoms with E-state index in [-0.39, 0.29) is 12.3 Å². The first-order valence-corrected chi connectivity index (χ1v) is 9.21. The maximum absolute atomic E-state index is 12.5. The highest BCUT2D eigenvalue weighted by molar-refractivity contribution is 6.30. The Balaban J connectivity index is 1.90. The predicted octanol–water partition coefficient (Wildman–Crippen LogP) is 3.48. The lowest BCUT2D eigenvalue weighted by molar-refractivity contribution is -0.0504. The van der Waals surface area contributed by atoms with E-state index in [1.165, 1.54) is 12.1 Å². The molecule has 146 valence electrons. The van der Waals surface area contributed by atoms with Crippen molar-refractivity contribution in [3.05, 3.63) is 28.8 Å². The Kier molecular flexibility index (Phi) is 7.90. The standard InChI is InChI=1S/C18H27ClF2N4O/c1-12(2)25-8-6-15(7-9-25)24-18(22-3)23-11-13-10-14(19)4-5-16(13)26-17(20)21/h4-5,10,12,15,17H,6-9,11H2,1-3H3,(H2,22,23,24). The van der Waals surface area contributed by atoms with E-state index in [2.05, 4.69) is 39.1 Å². The normalized spacial score (nSPS) is 17.0. The molecule has 1 aromatic rings. The molecule has 1 aliphatic heterocycles. The van der Waals surface area contributed by atoms with E-state index in [9.17, 15) is 8.78 Å². The Bertz CT molecular complexity index is 605. The highest BCUT2D eigenvalue weighted by Gasteiger charge is 2.21. The van der Waals surface area contributed by atoms with Crippen molar-refractivity contribution in [1.82, 2.24) is 15.5 Å². The molecule has 1 heterocycles. The zero-order valence-corrected chi connectivity index (χ0v) is 16.2. The quantitative estimate of drug-likeness (QED) is 0.578. The first-order valence-electron chi connectivity index (χ1n) is 8.83. The number of guanidine groups is 1. The molecule has 5 nitrogen and oxygen atoms in total. The van der Waals surface area contributed by atoms with Crippen molar-refractivity contribution < 1.29 is 13.5 Å². The van der Waals surface area contributed by atoms with Gasteiger partial charge >= 0.3 is 6.61 Å². The molecule has 0 saturated carbocycles. The van der Waals surface area contributed by atoms with Gasteiger partial charge in [0.2, 0.25) is 0 Å². The molecule has 1 fully saturated rings. The molecular weight excluding hydrogens is 362 g/mol. The summed E-state index contributed by atoms with van der Waals surface area (Å²) in [6.07, 6.45) is 2.07. The van der Waals surface area contributed by atoms with Crippen LogP contribution in [0.1, 0.15) is 32.3 Å².